The normalized spacial score (nSPS) is 15.2. The Labute approximate surface area is 64.2 Å². The molecule has 0 heterocycles. The Hall–Kier alpha value is -0.0800. The lowest BCUT2D eigenvalue weighted by Gasteiger charge is -2.05. The Morgan fingerprint density at radius 1 is 1.89 bits per heavy atom. The lowest BCUT2D eigenvalue weighted by molar-refractivity contribution is 0.215. The molecular formula is C7H11BrO. The quantitative estimate of drug-likeness (QED) is 0.678. The Bertz CT molecular complexity index is 118. The molecule has 0 aromatic rings. The summed E-state index contributed by atoms with van der Waals surface area (Å²) in [6, 6.07) is 0. The molecule has 0 aromatic heterocycles. The molecule has 1 unspecified atom stereocenters. The fourth-order valence-corrected chi connectivity index (χ4v) is 0.722. The van der Waals surface area contributed by atoms with E-state index in [-0.39, 0.29) is 6.10 Å². The van der Waals surface area contributed by atoms with E-state index in [1.165, 1.54) is 0 Å². The van der Waals surface area contributed by atoms with Crippen LogP contribution in [0.25, 0.3) is 0 Å². The van der Waals surface area contributed by atoms with Crippen molar-refractivity contribution in [2.75, 3.05) is 0 Å². The van der Waals surface area contributed by atoms with Gasteiger partial charge >= 0.3 is 0 Å². The van der Waals surface area contributed by atoms with Crippen LogP contribution in [0.3, 0.4) is 0 Å². The molecular weight excluding hydrogens is 180 g/mol. The number of aliphatic hydroxyl groups excluding tert-OH is 1. The fourth-order valence-electron chi connectivity index (χ4n) is 0.416. The van der Waals surface area contributed by atoms with E-state index in [4.69, 9.17) is 5.11 Å². The van der Waals surface area contributed by atoms with E-state index < -0.39 is 0 Å². The zero-order valence-electron chi connectivity index (χ0n) is 5.47. The maximum Gasteiger partial charge on any atom is 0.0789 e. The minimum Gasteiger partial charge on any atom is -0.388 e. The number of rotatable bonds is 3. The lowest BCUT2D eigenvalue weighted by Crippen LogP contribution is -2.05. The first-order valence-corrected chi connectivity index (χ1v) is 3.69. The summed E-state index contributed by atoms with van der Waals surface area (Å²) in [6.45, 7) is 5.38. The molecule has 9 heavy (non-hydrogen) atoms. The van der Waals surface area contributed by atoms with Crippen molar-refractivity contribution in [2.24, 2.45) is 0 Å². The zero-order chi connectivity index (χ0) is 7.28. The average Bonchev–Trinajstić information content (AvgIpc) is 1.87. The summed E-state index contributed by atoms with van der Waals surface area (Å²) in [5.74, 6) is 0. The molecule has 2 heteroatoms. The summed E-state index contributed by atoms with van der Waals surface area (Å²) in [4.78, 5) is 1.72. The number of hydrogen-bond acceptors (Lipinski definition) is 1. The van der Waals surface area contributed by atoms with Gasteiger partial charge in [-0.3, -0.25) is 0 Å². The van der Waals surface area contributed by atoms with E-state index in [1.54, 1.807) is 11.1 Å². The van der Waals surface area contributed by atoms with Crippen molar-refractivity contribution in [3.05, 3.63) is 23.2 Å². The van der Waals surface area contributed by atoms with Crippen LogP contribution in [0, 0.1) is 0 Å². The van der Waals surface area contributed by atoms with Crippen LogP contribution in [0.1, 0.15) is 13.3 Å². The van der Waals surface area contributed by atoms with Gasteiger partial charge in [0.1, 0.15) is 0 Å². The molecule has 0 bridgehead atoms. The van der Waals surface area contributed by atoms with E-state index in [0.717, 1.165) is 5.57 Å². The van der Waals surface area contributed by atoms with Gasteiger partial charge in [0.15, 0.2) is 0 Å². The van der Waals surface area contributed by atoms with Crippen LogP contribution in [0.15, 0.2) is 23.2 Å². The maximum absolute atomic E-state index is 9.15. The summed E-state index contributed by atoms with van der Waals surface area (Å²) in [6.07, 6.45) is 1.94. The van der Waals surface area contributed by atoms with Crippen molar-refractivity contribution in [2.45, 2.75) is 19.4 Å². The predicted octanol–water partition coefficient (Wildman–Crippen LogP) is 2.22. The molecule has 0 amide bonds. The molecule has 52 valence electrons. The molecule has 0 rings (SSSR count). The first kappa shape index (κ1) is 8.92. The largest absolute Gasteiger partial charge is 0.388 e. The first-order valence-electron chi connectivity index (χ1n) is 2.78. The van der Waals surface area contributed by atoms with Gasteiger partial charge in [-0.1, -0.05) is 22.0 Å². The minimum atomic E-state index is -0.373. The highest BCUT2D eigenvalue weighted by Crippen LogP contribution is 2.07. The monoisotopic (exact) mass is 190 g/mol. The molecule has 1 nitrogen and oxygen atoms in total. The van der Waals surface area contributed by atoms with Crippen molar-refractivity contribution in [3.8, 4) is 0 Å². The minimum absolute atomic E-state index is 0.373. The summed E-state index contributed by atoms with van der Waals surface area (Å²) >= 11 is 3.13. The van der Waals surface area contributed by atoms with E-state index in [9.17, 15) is 0 Å². The predicted molar refractivity (Wildman–Crippen MR) is 43.5 cm³/mol. The topological polar surface area (TPSA) is 20.2 Å². The van der Waals surface area contributed by atoms with Crippen LogP contribution in [0.2, 0.25) is 0 Å². The van der Waals surface area contributed by atoms with Crippen LogP contribution < -0.4 is 0 Å². The number of aliphatic hydroxyl groups is 1. The average molecular weight is 191 g/mol. The summed E-state index contributed by atoms with van der Waals surface area (Å²) in [5, 5.41) is 9.15. The standard InChI is InChI=1S/C7H11BrO/c1-3-4-7(9)6(2)5-8/h3,5,7,9H,1,4H2,2H3/b6-5+. The van der Waals surface area contributed by atoms with E-state index in [0.29, 0.717) is 6.42 Å². The van der Waals surface area contributed by atoms with Gasteiger partial charge in [0.2, 0.25) is 0 Å². The third kappa shape index (κ3) is 3.49. The third-order valence-corrected chi connectivity index (χ3v) is 1.81. The Morgan fingerprint density at radius 3 is 2.78 bits per heavy atom. The second-order valence-electron chi connectivity index (χ2n) is 1.89. The molecule has 0 aliphatic rings. The van der Waals surface area contributed by atoms with Crippen LogP contribution in [0.5, 0.6) is 0 Å². The van der Waals surface area contributed by atoms with Gasteiger partial charge in [-0.2, -0.15) is 0 Å². The highest BCUT2D eigenvalue weighted by molar-refractivity contribution is 9.11. The number of hydrogen-bond donors (Lipinski definition) is 1. The Morgan fingerprint density at radius 2 is 2.44 bits per heavy atom. The molecule has 0 aliphatic heterocycles. The first-order chi connectivity index (χ1) is 4.22. The van der Waals surface area contributed by atoms with Gasteiger partial charge in [0, 0.05) is 0 Å². The molecule has 0 saturated carbocycles. The van der Waals surface area contributed by atoms with Gasteiger partial charge in [-0.05, 0) is 23.9 Å². The molecule has 0 aromatic carbocycles. The van der Waals surface area contributed by atoms with Crippen molar-refractivity contribution in [1.29, 1.82) is 0 Å². The van der Waals surface area contributed by atoms with E-state index >= 15 is 0 Å². The van der Waals surface area contributed by atoms with E-state index in [1.807, 2.05) is 6.92 Å². The highest BCUT2D eigenvalue weighted by Gasteiger charge is 2.00. The van der Waals surface area contributed by atoms with Gasteiger partial charge in [-0.25, -0.2) is 0 Å². The number of halogens is 1. The summed E-state index contributed by atoms with van der Waals surface area (Å²) in [5.41, 5.74) is 0.926. The second-order valence-corrected chi connectivity index (χ2v) is 2.35. The molecule has 0 aliphatic carbocycles. The van der Waals surface area contributed by atoms with E-state index in [2.05, 4.69) is 22.5 Å². The molecule has 0 fully saturated rings. The third-order valence-electron chi connectivity index (χ3n) is 1.09. The van der Waals surface area contributed by atoms with Crippen molar-refractivity contribution in [1.82, 2.24) is 0 Å². The lowest BCUT2D eigenvalue weighted by atomic mass is 10.1. The smallest absolute Gasteiger partial charge is 0.0789 e. The van der Waals surface area contributed by atoms with Crippen molar-refractivity contribution < 1.29 is 5.11 Å². The van der Waals surface area contributed by atoms with Crippen LogP contribution in [-0.2, 0) is 0 Å². The summed E-state index contributed by atoms with van der Waals surface area (Å²) < 4.78 is 0. The zero-order valence-corrected chi connectivity index (χ0v) is 7.06. The molecule has 0 radical (unpaired) electrons. The van der Waals surface area contributed by atoms with Crippen molar-refractivity contribution >= 4 is 15.9 Å². The molecule has 0 spiro atoms. The SMILES string of the molecule is C=CCC(O)/C(C)=C/Br. The fraction of sp³-hybridized carbons (Fsp3) is 0.429. The molecule has 1 atom stereocenters. The van der Waals surface area contributed by atoms with Crippen LogP contribution in [0.4, 0.5) is 0 Å². The van der Waals surface area contributed by atoms with Crippen LogP contribution in [-0.4, -0.2) is 11.2 Å². The van der Waals surface area contributed by atoms with Gasteiger partial charge in [-0.15, -0.1) is 6.58 Å². The van der Waals surface area contributed by atoms with Gasteiger partial charge in [0.25, 0.3) is 0 Å². The highest BCUT2D eigenvalue weighted by atomic mass is 79.9. The van der Waals surface area contributed by atoms with Gasteiger partial charge < -0.3 is 5.11 Å². The Kier molecular flexibility index (Phi) is 4.72. The summed E-state index contributed by atoms with van der Waals surface area (Å²) in [7, 11) is 0. The van der Waals surface area contributed by atoms with Crippen molar-refractivity contribution in [3.63, 3.8) is 0 Å². The Balaban J connectivity index is 3.72. The molecule has 1 N–H and O–H groups in total. The van der Waals surface area contributed by atoms with Crippen LogP contribution >= 0.6 is 15.9 Å². The maximum atomic E-state index is 9.15. The molecule has 0 saturated heterocycles. The second kappa shape index (κ2) is 4.77. The van der Waals surface area contributed by atoms with Gasteiger partial charge in [0.05, 0.1) is 6.10 Å².